The second-order valence-corrected chi connectivity index (χ2v) is 18.2. The summed E-state index contributed by atoms with van der Waals surface area (Å²) >= 11 is -1.39. The molecule has 0 radical (unpaired) electrons. The summed E-state index contributed by atoms with van der Waals surface area (Å²) < 4.78 is 309. The second kappa shape index (κ2) is 20.6. The van der Waals surface area contributed by atoms with Crippen molar-refractivity contribution in [3.05, 3.63) is 201 Å². The van der Waals surface area contributed by atoms with Gasteiger partial charge in [-0.3, -0.25) is 0 Å². The number of halogens is 20. The van der Waals surface area contributed by atoms with E-state index in [0.29, 0.717) is 13.2 Å². The Morgan fingerprint density at radius 2 is 0.565 bits per heavy atom. The maximum absolute atomic E-state index is 15.4. The summed E-state index contributed by atoms with van der Waals surface area (Å²) in [6.07, 6.45) is -7.22. The maximum Gasteiger partial charge on any atom is 0.200 e. The number of hydrogen-bond donors (Lipinski definition) is 0. The van der Waals surface area contributed by atoms with Gasteiger partial charge >= 0.3 is 148 Å². The topological polar surface area (TPSA) is 18.5 Å². The van der Waals surface area contributed by atoms with Crippen molar-refractivity contribution in [2.75, 3.05) is 20.3 Å². The van der Waals surface area contributed by atoms with Gasteiger partial charge in [-0.05, 0) is 0 Å². The summed E-state index contributed by atoms with van der Waals surface area (Å²) in [6.45, 7) is 1.16. The van der Waals surface area contributed by atoms with Gasteiger partial charge in [-0.15, -0.1) is 21.9 Å². The fourth-order valence-electron chi connectivity index (χ4n) is 7.35. The number of hydrogen-bond acceptors (Lipinski definition) is 2. The molecule has 7 aromatic rings. The molecule has 0 atom stereocenters. The molecule has 0 aromatic heterocycles. The number of ether oxygens (including phenoxy) is 2. The molecule has 0 aliphatic rings. The third kappa shape index (κ3) is 8.77. The van der Waals surface area contributed by atoms with Gasteiger partial charge in [0, 0.05) is 0 Å². The molecular weight excluding hydrogens is 1040 g/mol. The van der Waals surface area contributed by atoms with E-state index in [1.165, 1.54) is 13.4 Å². The molecule has 0 aliphatic heterocycles. The van der Waals surface area contributed by atoms with Gasteiger partial charge in [0.2, 0.25) is 0 Å². The average molecular weight is 1060 g/mol. The molecule has 0 spiro atoms. The molecule has 7 aromatic carbocycles. The van der Waals surface area contributed by atoms with Crippen LogP contribution in [0.2, 0.25) is 0 Å². The molecule has 0 fully saturated rings. The van der Waals surface area contributed by atoms with Crippen molar-refractivity contribution < 1.29 is 97.3 Å². The number of benzene rings is 7. The van der Waals surface area contributed by atoms with Gasteiger partial charge in [0.1, 0.15) is 52.7 Å². The van der Waals surface area contributed by atoms with Crippen molar-refractivity contribution in [3.63, 3.8) is 0 Å². The van der Waals surface area contributed by atoms with E-state index >= 15 is 35.1 Å². The van der Waals surface area contributed by atoms with Crippen molar-refractivity contribution in [3.8, 4) is 5.75 Å². The number of methoxy groups -OCH3 is 1. The summed E-state index contributed by atoms with van der Waals surface area (Å²) in [6, 6.07) is 29.9. The van der Waals surface area contributed by atoms with Crippen molar-refractivity contribution in [1.82, 2.24) is 0 Å². The van der Waals surface area contributed by atoms with E-state index < -0.39 is 158 Å². The summed E-state index contributed by atoms with van der Waals surface area (Å²) in [5.74, 6) is -70.4. The minimum Gasteiger partial charge on any atom is -0.207 e. The van der Waals surface area contributed by atoms with Gasteiger partial charge in [0.25, 0.3) is 0 Å². The first-order valence-electron chi connectivity index (χ1n) is 18.9. The smallest absolute Gasteiger partial charge is 0.200 e. The molecule has 0 heterocycles. The van der Waals surface area contributed by atoms with Crippen LogP contribution in [-0.4, -0.2) is 40.4 Å². The van der Waals surface area contributed by atoms with Crippen LogP contribution in [0.1, 0.15) is 0 Å². The zero-order valence-corrected chi connectivity index (χ0v) is 35.6. The molecule has 7 rings (SSSR count). The van der Waals surface area contributed by atoms with Gasteiger partial charge in [0.05, 0.1) is 0 Å². The zero-order valence-electron chi connectivity index (χ0n) is 33.9. The van der Waals surface area contributed by atoms with Crippen molar-refractivity contribution in [1.29, 1.82) is 0 Å². The predicted octanol–water partition coefficient (Wildman–Crippen LogP) is 8.07. The van der Waals surface area contributed by atoms with E-state index in [9.17, 15) is 52.7 Å². The van der Waals surface area contributed by atoms with E-state index in [4.69, 9.17) is 9.47 Å². The van der Waals surface area contributed by atoms with Gasteiger partial charge < -0.3 is 0 Å². The molecule has 2 nitrogen and oxygen atoms in total. The molecule has 0 amide bonds. The van der Waals surface area contributed by atoms with Gasteiger partial charge in [-0.1, -0.05) is 0 Å². The van der Waals surface area contributed by atoms with Crippen LogP contribution in [0.4, 0.5) is 87.8 Å². The number of para-hydroxylation sites is 1. The van der Waals surface area contributed by atoms with E-state index in [2.05, 4.69) is 78.9 Å². The van der Waals surface area contributed by atoms with Crippen LogP contribution in [0.5, 0.6) is 5.75 Å². The molecule has 0 aliphatic carbocycles. The average Bonchev–Trinajstić information content (AvgIpc) is 3.35. The molecule has 24 heteroatoms. The van der Waals surface area contributed by atoms with Crippen LogP contribution in [0.3, 0.4) is 0 Å². The van der Waals surface area contributed by atoms with Crippen LogP contribution in [0.15, 0.2) is 84.9 Å². The first kappa shape index (κ1) is 51.9. The third-order valence-corrected chi connectivity index (χ3v) is 15.0. The summed E-state index contributed by atoms with van der Waals surface area (Å²) in [5, 5.41) is 0. The summed E-state index contributed by atoms with van der Waals surface area (Å²) in [5.41, 5.74) is -14.3. The Morgan fingerprint density at radius 1 is 0.319 bits per heavy atom. The minimum absolute atomic E-state index is 0.565. The molecule has 0 unspecified atom stereocenters. The van der Waals surface area contributed by atoms with Crippen molar-refractivity contribution in [2.45, 2.75) is 0 Å². The van der Waals surface area contributed by atoms with E-state index in [1.54, 1.807) is 7.11 Å². The normalized spacial score (nSPS) is 11.6. The monoisotopic (exact) mass is 1060 g/mol. The maximum atomic E-state index is 15.4. The van der Waals surface area contributed by atoms with Gasteiger partial charge in [-0.2, -0.15) is 0 Å². The van der Waals surface area contributed by atoms with Crippen LogP contribution >= 0.6 is 0 Å². The molecule has 362 valence electrons. The number of rotatable bonds is 11. The van der Waals surface area contributed by atoms with E-state index in [1.807, 2.05) is 6.07 Å². The Bertz CT molecular complexity index is 2670. The van der Waals surface area contributed by atoms with Gasteiger partial charge in [0.15, 0.2) is 69.8 Å². The third-order valence-electron chi connectivity index (χ3n) is 10.3. The SMILES string of the molecule is COCCOc1ccccc1[Se+](c1ccccc1)c1ccccc1.Fc1c(F)c(F)c([B-](c2c(F)c(F)c(F)c(F)c2F)(c2c(F)c(F)c(F)c(F)c2F)c2c(F)c(F)c(F)c(F)c2F)c(F)c1F. The quantitative estimate of drug-likeness (QED) is 0.0430. The largest absolute Gasteiger partial charge is 0.207 e. The molecule has 69 heavy (non-hydrogen) atoms. The molecular formula is C45H21BF20O2Se. The first-order chi connectivity index (χ1) is 32.6. The molecule has 0 bridgehead atoms. The Labute approximate surface area is 379 Å². The molecule has 0 N–H and O–H groups in total. The van der Waals surface area contributed by atoms with Crippen molar-refractivity contribution in [2.24, 2.45) is 0 Å². The Morgan fingerprint density at radius 3 is 0.841 bits per heavy atom. The summed E-state index contributed by atoms with van der Waals surface area (Å²) in [4.78, 5) is 0. The van der Waals surface area contributed by atoms with Crippen LogP contribution in [-0.2, 0) is 4.74 Å². The Hall–Kier alpha value is -6.52. The molecule has 0 saturated carbocycles. The van der Waals surface area contributed by atoms with E-state index in [-0.39, 0.29) is 0 Å². The fraction of sp³-hybridized carbons (Fsp3) is 0.0667. The van der Waals surface area contributed by atoms with Crippen LogP contribution < -0.4 is 40.0 Å². The predicted molar refractivity (Wildman–Crippen MR) is 211 cm³/mol. The zero-order chi connectivity index (χ0) is 51.0. The fourth-order valence-corrected chi connectivity index (χ4v) is 11.9. The van der Waals surface area contributed by atoms with E-state index in [0.717, 1.165) is 5.75 Å². The summed E-state index contributed by atoms with van der Waals surface area (Å²) in [7, 11) is 1.69. The van der Waals surface area contributed by atoms with Gasteiger partial charge in [-0.25, -0.2) is 87.8 Å². The Kier molecular flexibility index (Phi) is 15.5. The van der Waals surface area contributed by atoms with Crippen LogP contribution in [0, 0.1) is 116 Å². The van der Waals surface area contributed by atoms with Crippen LogP contribution in [0.25, 0.3) is 0 Å². The minimum atomic E-state index is -7.22. The molecule has 0 saturated heterocycles. The first-order valence-corrected chi connectivity index (χ1v) is 21.5. The Balaban J connectivity index is 0.000000273. The standard InChI is InChI=1S/C24BF20.C21H21O2Se/c26-5-1(6(27)14(35)21(42)13(5)34)25(2-7(28)15(36)22(43)16(37)8(2)29,3-9(30)17(38)23(44)18(39)10(3)31)4-11(32)19(40)24(45)20(41)12(4)33;1-22-16-17-23-20-14-8-9-15-21(20)24(18-10-4-2-5-11-18)19-12-6-3-7-13-19/h;2-15H,16-17H2,1H3/q-1;+1. The van der Waals surface area contributed by atoms with Crippen molar-refractivity contribution >= 4 is 55.3 Å². The second-order valence-electron chi connectivity index (χ2n) is 14.0.